The van der Waals surface area contributed by atoms with E-state index in [1.807, 2.05) is 0 Å². The second kappa shape index (κ2) is 5.88. The summed E-state index contributed by atoms with van der Waals surface area (Å²) in [5.41, 5.74) is 0.688. The zero-order valence-corrected chi connectivity index (χ0v) is 9.34. The zero-order valence-electron chi connectivity index (χ0n) is 8.58. The lowest BCUT2D eigenvalue weighted by molar-refractivity contribution is 0.0498. The van der Waals surface area contributed by atoms with Crippen molar-refractivity contribution in [3.8, 4) is 0 Å². The molecule has 1 amide bonds. The Morgan fingerprint density at radius 2 is 2.21 bits per heavy atom. The number of amides is 1. The third kappa shape index (κ3) is 6.74. The highest BCUT2D eigenvalue weighted by atomic mass is 35.5. The molecule has 0 unspecified atom stereocenters. The number of hydrogen-bond acceptors (Lipinski definition) is 3. The van der Waals surface area contributed by atoms with Crippen LogP contribution >= 0.6 is 11.6 Å². The molecule has 0 aromatic carbocycles. The minimum absolute atomic E-state index is 0.220. The van der Waals surface area contributed by atoms with Crippen LogP contribution in [0.1, 0.15) is 20.8 Å². The molecule has 0 saturated carbocycles. The summed E-state index contributed by atoms with van der Waals surface area (Å²) in [6.45, 7) is 5.07. The number of rotatable bonds is 3. The minimum Gasteiger partial charge on any atom is -0.444 e. The number of halogens is 1. The molecular formula is C9H16ClNO3. The molecule has 2 N–H and O–H groups in total. The van der Waals surface area contributed by atoms with Crippen molar-refractivity contribution >= 4 is 17.7 Å². The van der Waals surface area contributed by atoms with Gasteiger partial charge >= 0.3 is 6.09 Å². The molecule has 0 bridgehead atoms. The Morgan fingerprint density at radius 1 is 1.64 bits per heavy atom. The van der Waals surface area contributed by atoms with Crippen LogP contribution in [0.2, 0.25) is 0 Å². The smallest absolute Gasteiger partial charge is 0.408 e. The van der Waals surface area contributed by atoms with Crippen LogP contribution < -0.4 is 5.32 Å². The van der Waals surface area contributed by atoms with Crippen LogP contribution in [0.25, 0.3) is 0 Å². The molecular weight excluding hydrogens is 206 g/mol. The average Bonchev–Trinajstić information content (AvgIpc) is 2.00. The number of nitrogens with one attached hydrogen (secondary N) is 1. The van der Waals surface area contributed by atoms with E-state index in [0.29, 0.717) is 0 Å². The van der Waals surface area contributed by atoms with E-state index >= 15 is 0 Å². The van der Waals surface area contributed by atoms with Crippen LogP contribution in [0.4, 0.5) is 4.79 Å². The summed E-state index contributed by atoms with van der Waals surface area (Å²) in [5, 5.41) is 11.3. The van der Waals surface area contributed by atoms with Gasteiger partial charge < -0.3 is 15.2 Å². The van der Waals surface area contributed by atoms with Crippen molar-refractivity contribution in [2.45, 2.75) is 32.4 Å². The summed E-state index contributed by atoms with van der Waals surface area (Å²) in [6, 6.07) is -0.512. The van der Waals surface area contributed by atoms with Gasteiger partial charge in [0, 0.05) is 5.54 Å². The molecule has 0 aromatic heterocycles. The first kappa shape index (κ1) is 13.3. The number of carbonyl (C=O) groups excluding carboxylic acids is 1. The predicted octanol–water partition coefficient (Wildman–Crippen LogP) is 1.62. The van der Waals surface area contributed by atoms with Gasteiger partial charge in [0.25, 0.3) is 0 Å². The van der Waals surface area contributed by atoms with Crippen LogP contribution in [0.15, 0.2) is 11.6 Å². The maximum absolute atomic E-state index is 11.2. The van der Waals surface area contributed by atoms with Crippen LogP contribution in [-0.4, -0.2) is 29.4 Å². The van der Waals surface area contributed by atoms with E-state index in [0.717, 1.165) is 0 Å². The monoisotopic (exact) mass is 221 g/mol. The van der Waals surface area contributed by atoms with Crippen molar-refractivity contribution < 1.29 is 14.6 Å². The van der Waals surface area contributed by atoms with E-state index < -0.39 is 17.7 Å². The fourth-order valence-corrected chi connectivity index (χ4v) is 0.877. The number of aliphatic hydroxyl groups excluding tert-OH is 1. The predicted molar refractivity (Wildman–Crippen MR) is 55.2 cm³/mol. The van der Waals surface area contributed by atoms with Crippen LogP contribution in [0.5, 0.6) is 0 Å². The maximum Gasteiger partial charge on any atom is 0.408 e. The van der Waals surface area contributed by atoms with Crippen molar-refractivity contribution in [3.63, 3.8) is 0 Å². The molecule has 14 heavy (non-hydrogen) atoms. The van der Waals surface area contributed by atoms with Crippen LogP contribution in [0, 0.1) is 0 Å². The van der Waals surface area contributed by atoms with Crippen molar-refractivity contribution in [1.82, 2.24) is 5.32 Å². The Hall–Kier alpha value is -0.740. The molecule has 0 radical (unpaired) electrons. The van der Waals surface area contributed by atoms with Gasteiger partial charge in [0.1, 0.15) is 5.60 Å². The van der Waals surface area contributed by atoms with Crippen molar-refractivity contribution in [2.24, 2.45) is 0 Å². The molecule has 4 nitrogen and oxygen atoms in total. The number of hydrogen-bond donors (Lipinski definition) is 2. The van der Waals surface area contributed by atoms with E-state index in [1.54, 1.807) is 20.8 Å². The normalized spacial score (nSPS) is 14.1. The molecule has 5 heteroatoms. The van der Waals surface area contributed by atoms with Gasteiger partial charge in [-0.05, 0) is 26.8 Å². The van der Waals surface area contributed by atoms with Gasteiger partial charge in [0.15, 0.2) is 0 Å². The lowest BCUT2D eigenvalue weighted by atomic mass is 10.2. The Bertz CT molecular complexity index is 211. The van der Waals surface area contributed by atoms with Crippen molar-refractivity contribution in [3.05, 3.63) is 11.6 Å². The number of carbonyl (C=O) groups is 1. The zero-order chi connectivity index (χ0) is 11.2. The quantitative estimate of drug-likeness (QED) is 0.762. The van der Waals surface area contributed by atoms with Gasteiger partial charge in [-0.2, -0.15) is 0 Å². The topological polar surface area (TPSA) is 58.6 Å². The van der Waals surface area contributed by atoms with E-state index in [1.165, 1.54) is 11.6 Å². The molecule has 0 fully saturated rings. The highest BCUT2D eigenvalue weighted by Gasteiger charge is 2.17. The first-order valence-electron chi connectivity index (χ1n) is 4.26. The van der Waals surface area contributed by atoms with Gasteiger partial charge in [-0.3, -0.25) is 0 Å². The van der Waals surface area contributed by atoms with Gasteiger partial charge in [0.2, 0.25) is 0 Å². The minimum atomic E-state index is -0.577. The number of ether oxygens (including phenoxy) is 1. The van der Waals surface area contributed by atoms with E-state index in [2.05, 4.69) is 5.32 Å². The summed E-state index contributed by atoms with van der Waals surface area (Å²) in [5.74, 6) is 0. The fraction of sp³-hybridized carbons (Fsp3) is 0.667. The molecule has 0 aliphatic rings. The third-order valence-electron chi connectivity index (χ3n) is 1.20. The van der Waals surface area contributed by atoms with Crippen molar-refractivity contribution in [1.29, 1.82) is 0 Å². The van der Waals surface area contributed by atoms with Crippen LogP contribution in [0.3, 0.4) is 0 Å². The first-order chi connectivity index (χ1) is 6.39. The molecule has 0 heterocycles. The average molecular weight is 222 g/mol. The van der Waals surface area contributed by atoms with E-state index in [9.17, 15) is 4.79 Å². The fourth-order valence-electron chi connectivity index (χ4n) is 0.701. The molecule has 0 spiro atoms. The summed E-state index contributed by atoms with van der Waals surface area (Å²) in [6.07, 6.45) is 0.886. The summed E-state index contributed by atoms with van der Waals surface area (Å²) in [7, 11) is 0. The van der Waals surface area contributed by atoms with Gasteiger partial charge in [-0.25, -0.2) is 4.79 Å². The SMILES string of the molecule is CC(C)(C)OC(=O)N[C@H](/C=C/Cl)CO. The number of alkyl carbamates (subject to hydrolysis) is 1. The van der Waals surface area contributed by atoms with E-state index in [4.69, 9.17) is 21.4 Å². The van der Waals surface area contributed by atoms with Gasteiger partial charge in [-0.1, -0.05) is 11.6 Å². The van der Waals surface area contributed by atoms with E-state index in [-0.39, 0.29) is 6.61 Å². The molecule has 0 rings (SSSR count). The maximum atomic E-state index is 11.2. The summed E-state index contributed by atoms with van der Waals surface area (Å²) in [4.78, 5) is 11.2. The lowest BCUT2D eigenvalue weighted by Crippen LogP contribution is -2.39. The Kier molecular flexibility index (Phi) is 5.57. The second-order valence-corrected chi connectivity index (χ2v) is 4.01. The third-order valence-corrected chi connectivity index (χ3v) is 1.35. The largest absolute Gasteiger partial charge is 0.444 e. The second-order valence-electron chi connectivity index (χ2n) is 3.75. The molecule has 82 valence electrons. The molecule has 0 saturated heterocycles. The Morgan fingerprint density at radius 3 is 2.57 bits per heavy atom. The van der Waals surface area contributed by atoms with Gasteiger partial charge in [-0.15, -0.1) is 0 Å². The molecule has 0 aliphatic heterocycles. The Balaban J connectivity index is 4.04. The summed E-state index contributed by atoms with van der Waals surface area (Å²) < 4.78 is 4.98. The standard InChI is InChI=1S/C9H16ClNO3/c1-9(2,3)14-8(13)11-7(6-12)4-5-10/h4-5,7,12H,6H2,1-3H3,(H,11,13)/b5-4+/t7-/m1/s1. The van der Waals surface area contributed by atoms with Crippen molar-refractivity contribution in [2.75, 3.05) is 6.61 Å². The molecule has 0 aromatic rings. The van der Waals surface area contributed by atoms with Gasteiger partial charge in [0.05, 0.1) is 12.6 Å². The highest BCUT2D eigenvalue weighted by Crippen LogP contribution is 2.06. The lowest BCUT2D eigenvalue weighted by Gasteiger charge is -2.21. The molecule has 1 atom stereocenters. The number of aliphatic hydroxyl groups is 1. The summed E-state index contributed by atoms with van der Waals surface area (Å²) >= 11 is 5.31. The highest BCUT2D eigenvalue weighted by molar-refractivity contribution is 6.25. The first-order valence-corrected chi connectivity index (χ1v) is 4.70. The van der Waals surface area contributed by atoms with Crippen LogP contribution in [-0.2, 0) is 4.74 Å². The molecule has 0 aliphatic carbocycles. The Labute approximate surface area is 88.9 Å².